The number of fused-ring (bicyclic) bond motifs is 4. The molecule has 156 valence electrons. The number of hydrogen-bond acceptors (Lipinski definition) is 7. The van der Waals surface area contributed by atoms with Crippen molar-refractivity contribution >= 4 is 22.8 Å². The summed E-state index contributed by atoms with van der Waals surface area (Å²) in [6.45, 7) is 4.34. The second-order valence-corrected chi connectivity index (χ2v) is 7.72. The van der Waals surface area contributed by atoms with E-state index in [4.69, 9.17) is 9.47 Å². The SMILES string of the molecule is C[C@@H]1CCNC(=O)OCc2nc(cc(N3CCCC3)n2)-c2n[nH]c3ccc(cc23)O1. The molecule has 0 radical (unpaired) electrons. The molecule has 2 N–H and O–H groups in total. The van der Waals surface area contributed by atoms with Gasteiger partial charge in [-0.2, -0.15) is 5.10 Å². The molecule has 1 saturated heterocycles. The van der Waals surface area contributed by atoms with Crippen LogP contribution in [0.15, 0.2) is 24.3 Å². The van der Waals surface area contributed by atoms with Crippen molar-refractivity contribution in [3.05, 3.63) is 30.1 Å². The Morgan fingerprint density at radius 2 is 2.03 bits per heavy atom. The van der Waals surface area contributed by atoms with Crippen molar-refractivity contribution in [3.8, 4) is 17.1 Å². The summed E-state index contributed by atoms with van der Waals surface area (Å²) in [5, 5.41) is 11.3. The normalized spacial score (nSPS) is 19.7. The molecule has 2 aliphatic rings. The largest absolute Gasteiger partial charge is 0.491 e. The Labute approximate surface area is 173 Å². The van der Waals surface area contributed by atoms with Crippen molar-refractivity contribution in [1.82, 2.24) is 25.5 Å². The number of ether oxygens (including phenoxy) is 2. The highest BCUT2D eigenvalue weighted by atomic mass is 16.5. The molecule has 0 aliphatic carbocycles. The van der Waals surface area contributed by atoms with E-state index in [1.807, 2.05) is 31.2 Å². The third-order valence-electron chi connectivity index (χ3n) is 5.46. The molecule has 30 heavy (non-hydrogen) atoms. The van der Waals surface area contributed by atoms with Gasteiger partial charge in [0.15, 0.2) is 12.4 Å². The van der Waals surface area contributed by atoms with Crippen LogP contribution < -0.4 is 15.0 Å². The van der Waals surface area contributed by atoms with E-state index in [1.54, 1.807) is 0 Å². The number of aromatic nitrogens is 4. The molecular formula is C21H24N6O3. The van der Waals surface area contributed by atoms with Gasteiger partial charge in [0.25, 0.3) is 0 Å². The van der Waals surface area contributed by atoms with Crippen LogP contribution in [0.1, 0.15) is 32.0 Å². The van der Waals surface area contributed by atoms with Gasteiger partial charge >= 0.3 is 6.09 Å². The molecule has 1 amide bonds. The standard InChI is InChI=1S/C21H24N6O3/c1-13-6-7-22-21(28)29-12-18-23-17(11-19(24-18)27-8-2-3-9-27)20-15-10-14(30-13)4-5-16(15)25-26-20/h4-5,10-11,13H,2-3,6-9,12H2,1H3,(H,22,28)(H,25,26)/t13-/m1/s1. The van der Waals surface area contributed by atoms with Crippen LogP contribution in [0, 0.1) is 0 Å². The predicted molar refractivity (Wildman–Crippen MR) is 111 cm³/mol. The molecular weight excluding hydrogens is 384 g/mol. The van der Waals surface area contributed by atoms with Gasteiger partial charge in [-0.05, 0) is 38.0 Å². The Bertz CT molecular complexity index is 1080. The molecule has 2 aromatic heterocycles. The Morgan fingerprint density at radius 3 is 2.90 bits per heavy atom. The minimum atomic E-state index is -0.489. The quantitative estimate of drug-likeness (QED) is 0.638. The lowest BCUT2D eigenvalue weighted by Gasteiger charge is -2.18. The lowest BCUT2D eigenvalue weighted by Crippen LogP contribution is -2.28. The number of nitrogens with one attached hydrogen (secondary N) is 2. The fourth-order valence-corrected chi connectivity index (χ4v) is 3.89. The number of aromatic amines is 1. The second kappa shape index (κ2) is 7.81. The number of carbonyl (C=O) groups excluding carboxylic acids is 1. The number of benzene rings is 1. The summed E-state index contributed by atoms with van der Waals surface area (Å²) in [5.41, 5.74) is 2.33. The molecule has 2 aliphatic heterocycles. The summed E-state index contributed by atoms with van der Waals surface area (Å²) < 4.78 is 11.4. The first-order valence-corrected chi connectivity index (χ1v) is 10.3. The van der Waals surface area contributed by atoms with Gasteiger partial charge < -0.3 is 19.7 Å². The van der Waals surface area contributed by atoms with E-state index in [9.17, 15) is 4.79 Å². The minimum absolute atomic E-state index is 0.000171. The molecule has 9 heteroatoms. The maximum Gasteiger partial charge on any atom is 0.407 e. The van der Waals surface area contributed by atoms with Gasteiger partial charge in [-0.1, -0.05) is 0 Å². The van der Waals surface area contributed by atoms with Crippen molar-refractivity contribution in [3.63, 3.8) is 0 Å². The molecule has 5 rings (SSSR count). The Balaban J connectivity index is 1.62. The van der Waals surface area contributed by atoms with Gasteiger partial charge in [0.05, 0.1) is 17.3 Å². The van der Waals surface area contributed by atoms with E-state index in [0.29, 0.717) is 24.5 Å². The van der Waals surface area contributed by atoms with Crippen LogP contribution in [-0.4, -0.2) is 52.0 Å². The zero-order valence-electron chi connectivity index (χ0n) is 16.9. The number of carbonyl (C=O) groups is 1. The molecule has 0 unspecified atom stereocenters. The predicted octanol–water partition coefficient (Wildman–Crippen LogP) is 3.02. The molecule has 0 saturated carbocycles. The topological polar surface area (TPSA) is 105 Å². The lowest BCUT2D eigenvalue weighted by atomic mass is 10.1. The van der Waals surface area contributed by atoms with E-state index in [2.05, 4.69) is 30.4 Å². The highest BCUT2D eigenvalue weighted by molar-refractivity contribution is 5.93. The van der Waals surface area contributed by atoms with Crippen LogP contribution in [0.3, 0.4) is 0 Å². The molecule has 9 nitrogen and oxygen atoms in total. The highest BCUT2D eigenvalue weighted by Crippen LogP contribution is 2.31. The summed E-state index contributed by atoms with van der Waals surface area (Å²) in [5.74, 6) is 2.04. The molecule has 4 bridgehead atoms. The molecule has 4 heterocycles. The Morgan fingerprint density at radius 1 is 1.17 bits per heavy atom. The van der Waals surface area contributed by atoms with Crippen LogP contribution in [0.4, 0.5) is 10.6 Å². The second-order valence-electron chi connectivity index (χ2n) is 7.72. The minimum Gasteiger partial charge on any atom is -0.491 e. The maximum atomic E-state index is 12.1. The van der Waals surface area contributed by atoms with Gasteiger partial charge in [-0.25, -0.2) is 14.8 Å². The lowest BCUT2D eigenvalue weighted by molar-refractivity contribution is 0.134. The van der Waals surface area contributed by atoms with Crippen LogP contribution in [-0.2, 0) is 11.3 Å². The van der Waals surface area contributed by atoms with E-state index >= 15 is 0 Å². The van der Waals surface area contributed by atoms with E-state index in [1.165, 1.54) is 0 Å². The smallest absolute Gasteiger partial charge is 0.407 e. The highest BCUT2D eigenvalue weighted by Gasteiger charge is 2.20. The summed E-state index contributed by atoms with van der Waals surface area (Å²) in [6, 6.07) is 7.82. The van der Waals surface area contributed by atoms with Crippen LogP contribution in [0.5, 0.6) is 5.75 Å². The van der Waals surface area contributed by atoms with E-state index in [-0.39, 0.29) is 12.7 Å². The van der Waals surface area contributed by atoms with Crippen LogP contribution >= 0.6 is 0 Å². The van der Waals surface area contributed by atoms with Crippen LogP contribution in [0.25, 0.3) is 22.3 Å². The summed E-state index contributed by atoms with van der Waals surface area (Å²) in [4.78, 5) is 23.6. The number of rotatable bonds is 1. The number of hydrogen-bond donors (Lipinski definition) is 2. The summed E-state index contributed by atoms with van der Waals surface area (Å²) in [6.07, 6.45) is 2.38. The average Bonchev–Trinajstić information content (AvgIpc) is 3.41. The Hall–Kier alpha value is -3.36. The van der Waals surface area contributed by atoms with Gasteiger partial charge in [-0.3, -0.25) is 5.10 Å². The fourth-order valence-electron chi connectivity index (χ4n) is 3.89. The van der Waals surface area contributed by atoms with Crippen molar-refractivity contribution in [1.29, 1.82) is 0 Å². The average molecular weight is 408 g/mol. The third kappa shape index (κ3) is 3.74. The molecule has 3 aromatic rings. The number of H-pyrrole nitrogens is 1. The maximum absolute atomic E-state index is 12.1. The first-order chi connectivity index (χ1) is 14.7. The molecule has 1 atom stereocenters. The van der Waals surface area contributed by atoms with Crippen LogP contribution in [0.2, 0.25) is 0 Å². The van der Waals surface area contributed by atoms with Crippen molar-refractivity contribution < 1.29 is 14.3 Å². The van der Waals surface area contributed by atoms with Crippen molar-refractivity contribution in [2.75, 3.05) is 24.5 Å². The number of cyclic esters (lactones) is 1. The zero-order chi connectivity index (χ0) is 20.5. The number of alkyl carbamates (subject to hydrolysis) is 1. The monoisotopic (exact) mass is 408 g/mol. The van der Waals surface area contributed by atoms with Crippen molar-refractivity contribution in [2.45, 2.75) is 38.9 Å². The first kappa shape index (κ1) is 18.7. The van der Waals surface area contributed by atoms with Gasteiger partial charge in [0.2, 0.25) is 0 Å². The number of anilines is 1. The zero-order valence-corrected chi connectivity index (χ0v) is 16.9. The summed E-state index contributed by atoms with van der Waals surface area (Å²) >= 11 is 0. The third-order valence-corrected chi connectivity index (χ3v) is 5.46. The first-order valence-electron chi connectivity index (χ1n) is 10.3. The van der Waals surface area contributed by atoms with Gasteiger partial charge in [0.1, 0.15) is 17.3 Å². The van der Waals surface area contributed by atoms with Gasteiger partial charge in [0, 0.05) is 37.5 Å². The fraction of sp³-hybridized carbons (Fsp3) is 0.429. The Kier molecular flexibility index (Phi) is 4.86. The summed E-state index contributed by atoms with van der Waals surface area (Å²) in [7, 11) is 0. The molecule has 0 spiro atoms. The number of nitrogens with zero attached hydrogens (tertiary/aromatic N) is 4. The van der Waals surface area contributed by atoms with E-state index in [0.717, 1.165) is 54.1 Å². The molecule has 1 fully saturated rings. The number of amides is 1. The molecule has 1 aromatic carbocycles. The van der Waals surface area contributed by atoms with E-state index < -0.39 is 6.09 Å². The van der Waals surface area contributed by atoms with Crippen molar-refractivity contribution in [2.24, 2.45) is 0 Å². The van der Waals surface area contributed by atoms with Gasteiger partial charge in [-0.15, -0.1) is 0 Å².